The number of nitrogens with two attached hydrogens (primary N) is 1. The summed E-state index contributed by atoms with van der Waals surface area (Å²) >= 11 is 3.26. The molecule has 2 aromatic rings. The fourth-order valence-electron chi connectivity index (χ4n) is 1.66. The molecule has 0 bridgehead atoms. The van der Waals surface area contributed by atoms with E-state index in [1.54, 1.807) is 23.1 Å². The first-order chi connectivity index (χ1) is 9.60. The van der Waals surface area contributed by atoms with Gasteiger partial charge in [-0.25, -0.2) is 5.84 Å². The van der Waals surface area contributed by atoms with Crippen LogP contribution in [0.3, 0.4) is 0 Å². The highest BCUT2D eigenvalue weighted by molar-refractivity contribution is 8.00. The number of nitrogens with zero attached hydrogens (tertiary/aromatic N) is 2. The number of rotatable bonds is 5. The first-order valence-electron chi connectivity index (χ1n) is 6.12. The summed E-state index contributed by atoms with van der Waals surface area (Å²) < 4.78 is 0.974. The molecule has 1 aromatic heterocycles. The number of hydrogen-bond acceptors (Lipinski definition) is 6. The third-order valence-electron chi connectivity index (χ3n) is 2.89. The second kappa shape index (κ2) is 6.83. The van der Waals surface area contributed by atoms with Crippen molar-refractivity contribution in [3.8, 4) is 0 Å². The SMILES string of the molecule is Cc1nnc(SCc2ccc(C(C)C(=O)NN)cc2)s1. The van der Waals surface area contributed by atoms with Gasteiger partial charge in [0.1, 0.15) is 5.01 Å². The van der Waals surface area contributed by atoms with E-state index >= 15 is 0 Å². The topological polar surface area (TPSA) is 80.9 Å². The lowest BCUT2D eigenvalue weighted by Gasteiger charge is -2.10. The van der Waals surface area contributed by atoms with Crippen molar-refractivity contribution in [3.05, 3.63) is 40.4 Å². The molecule has 106 valence electrons. The molecule has 2 rings (SSSR count). The van der Waals surface area contributed by atoms with Crippen LogP contribution >= 0.6 is 23.1 Å². The number of amides is 1. The molecule has 7 heteroatoms. The average Bonchev–Trinajstić information content (AvgIpc) is 2.89. The van der Waals surface area contributed by atoms with Gasteiger partial charge in [-0.3, -0.25) is 10.2 Å². The largest absolute Gasteiger partial charge is 0.294 e. The summed E-state index contributed by atoms with van der Waals surface area (Å²) in [6, 6.07) is 7.97. The number of carbonyl (C=O) groups is 1. The molecular formula is C13H16N4OS2. The smallest absolute Gasteiger partial charge is 0.241 e. The lowest BCUT2D eigenvalue weighted by atomic mass is 10.00. The summed E-state index contributed by atoms with van der Waals surface area (Å²) in [5, 5.41) is 9.04. The van der Waals surface area contributed by atoms with Gasteiger partial charge < -0.3 is 0 Å². The molecule has 0 spiro atoms. The van der Waals surface area contributed by atoms with Crippen LogP contribution < -0.4 is 11.3 Å². The van der Waals surface area contributed by atoms with Gasteiger partial charge in [0.2, 0.25) is 5.91 Å². The predicted molar refractivity (Wildman–Crippen MR) is 81.4 cm³/mol. The number of thioether (sulfide) groups is 1. The van der Waals surface area contributed by atoms with Crippen LogP contribution in [0.4, 0.5) is 0 Å². The highest BCUT2D eigenvalue weighted by Crippen LogP contribution is 2.26. The minimum absolute atomic E-state index is 0.184. The Morgan fingerprint density at radius 1 is 1.40 bits per heavy atom. The molecule has 0 aliphatic heterocycles. The van der Waals surface area contributed by atoms with Gasteiger partial charge in [-0.2, -0.15) is 0 Å². The molecule has 3 N–H and O–H groups in total. The van der Waals surface area contributed by atoms with Crippen LogP contribution in [-0.2, 0) is 10.5 Å². The van der Waals surface area contributed by atoms with Crippen LogP contribution in [0.25, 0.3) is 0 Å². The molecule has 1 heterocycles. The van der Waals surface area contributed by atoms with Crippen molar-refractivity contribution >= 4 is 29.0 Å². The van der Waals surface area contributed by atoms with E-state index < -0.39 is 0 Å². The third-order valence-corrected chi connectivity index (χ3v) is 4.93. The number of nitrogens with one attached hydrogen (secondary N) is 1. The minimum Gasteiger partial charge on any atom is -0.294 e. The number of carbonyl (C=O) groups excluding carboxylic acids is 1. The van der Waals surface area contributed by atoms with Crippen LogP contribution in [-0.4, -0.2) is 16.1 Å². The zero-order valence-electron chi connectivity index (χ0n) is 11.3. The van der Waals surface area contributed by atoms with Crippen LogP contribution in [0.15, 0.2) is 28.6 Å². The van der Waals surface area contributed by atoms with Crippen molar-refractivity contribution in [1.82, 2.24) is 15.6 Å². The molecule has 0 saturated carbocycles. The molecule has 1 atom stereocenters. The molecule has 5 nitrogen and oxygen atoms in total. The monoisotopic (exact) mass is 308 g/mol. The Balaban J connectivity index is 1.96. The van der Waals surface area contributed by atoms with Gasteiger partial charge in [-0.15, -0.1) is 10.2 Å². The highest BCUT2D eigenvalue weighted by Gasteiger charge is 2.13. The fourth-order valence-corrected chi connectivity index (χ4v) is 3.43. The maximum Gasteiger partial charge on any atom is 0.241 e. The molecule has 1 amide bonds. The normalized spacial score (nSPS) is 12.2. The van der Waals surface area contributed by atoms with E-state index in [9.17, 15) is 4.79 Å². The quantitative estimate of drug-likeness (QED) is 0.383. The average molecular weight is 308 g/mol. The van der Waals surface area contributed by atoms with Crippen LogP contribution in [0.5, 0.6) is 0 Å². The zero-order valence-corrected chi connectivity index (χ0v) is 12.9. The number of hydrazine groups is 1. The lowest BCUT2D eigenvalue weighted by Crippen LogP contribution is -2.33. The fraction of sp³-hybridized carbons (Fsp3) is 0.308. The van der Waals surface area contributed by atoms with Crippen molar-refractivity contribution in [2.75, 3.05) is 0 Å². The molecular weight excluding hydrogens is 292 g/mol. The Labute approximate surface area is 126 Å². The van der Waals surface area contributed by atoms with Crippen molar-refractivity contribution in [2.24, 2.45) is 5.84 Å². The summed E-state index contributed by atoms with van der Waals surface area (Å²) in [7, 11) is 0. The first kappa shape index (κ1) is 15.0. The molecule has 0 radical (unpaired) electrons. The van der Waals surface area contributed by atoms with Crippen molar-refractivity contribution in [3.63, 3.8) is 0 Å². The summed E-state index contributed by atoms with van der Waals surface area (Å²) in [5.74, 6) is 5.55. The van der Waals surface area contributed by atoms with E-state index in [1.807, 2.05) is 38.1 Å². The maximum atomic E-state index is 11.5. The van der Waals surface area contributed by atoms with E-state index in [0.717, 1.165) is 20.7 Å². The summed E-state index contributed by atoms with van der Waals surface area (Å²) in [5.41, 5.74) is 4.31. The standard InChI is InChI=1S/C13H16N4OS2/c1-8(12(18)15-14)11-5-3-10(4-6-11)7-19-13-17-16-9(2)20-13/h3-6,8H,7,14H2,1-2H3,(H,15,18). The van der Waals surface area contributed by atoms with Gasteiger partial charge in [0.25, 0.3) is 0 Å². The van der Waals surface area contributed by atoms with Gasteiger partial charge in [0, 0.05) is 5.75 Å². The van der Waals surface area contributed by atoms with Crippen molar-refractivity contribution in [1.29, 1.82) is 0 Å². The number of hydrogen-bond donors (Lipinski definition) is 2. The first-order valence-corrected chi connectivity index (χ1v) is 7.92. The number of benzene rings is 1. The Morgan fingerprint density at radius 2 is 2.10 bits per heavy atom. The summed E-state index contributed by atoms with van der Waals surface area (Å²) in [6.07, 6.45) is 0. The molecule has 1 aromatic carbocycles. The Kier molecular flexibility index (Phi) is 5.11. The molecule has 1 unspecified atom stereocenters. The molecule has 0 aliphatic carbocycles. The van der Waals surface area contributed by atoms with E-state index in [0.29, 0.717) is 0 Å². The third kappa shape index (κ3) is 3.78. The van der Waals surface area contributed by atoms with E-state index in [2.05, 4.69) is 15.6 Å². The Morgan fingerprint density at radius 3 is 2.65 bits per heavy atom. The van der Waals surface area contributed by atoms with Crippen LogP contribution in [0.1, 0.15) is 29.0 Å². The second-order valence-electron chi connectivity index (χ2n) is 4.35. The Hall–Kier alpha value is -1.44. The summed E-state index contributed by atoms with van der Waals surface area (Å²) in [4.78, 5) is 11.5. The Bertz CT molecular complexity index is 582. The summed E-state index contributed by atoms with van der Waals surface area (Å²) in [6.45, 7) is 3.77. The minimum atomic E-state index is -0.243. The van der Waals surface area contributed by atoms with Gasteiger partial charge in [-0.05, 0) is 25.0 Å². The molecule has 0 aliphatic rings. The van der Waals surface area contributed by atoms with Gasteiger partial charge in [0.15, 0.2) is 4.34 Å². The number of aromatic nitrogens is 2. The van der Waals surface area contributed by atoms with Gasteiger partial charge in [0.05, 0.1) is 5.92 Å². The van der Waals surface area contributed by atoms with Crippen LogP contribution in [0, 0.1) is 6.92 Å². The van der Waals surface area contributed by atoms with E-state index in [1.165, 1.54) is 5.56 Å². The van der Waals surface area contributed by atoms with Crippen molar-refractivity contribution < 1.29 is 4.79 Å². The zero-order chi connectivity index (χ0) is 14.5. The molecule has 20 heavy (non-hydrogen) atoms. The molecule has 0 fully saturated rings. The molecule has 0 saturated heterocycles. The van der Waals surface area contributed by atoms with E-state index in [4.69, 9.17) is 5.84 Å². The van der Waals surface area contributed by atoms with Crippen molar-refractivity contribution in [2.45, 2.75) is 29.9 Å². The lowest BCUT2D eigenvalue weighted by molar-refractivity contribution is -0.122. The highest BCUT2D eigenvalue weighted by atomic mass is 32.2. The second-order valence-corrected chi connectivity index (χ2v) is 6.75. The van der Waals surface area contributed by atoms with Gasteiger partial charge in [-0.1, -0.05) is 47.4 Å². The van der Waals surface area contributed by atoms with Gasteiger partial charge >= 0.3 is 0 Å². The predicted octanol–water partition coefficient (Wildman–Crippen LogP) is 2.23. The maximum absolute atomic E-state index is 11.5. The van der Waals surface area contributed by atoms with E-state index in [-0.39, 0.29) is 11.8 Å². The number of aryl methyl sites for hydroxylation is 1. The van der Waals surface area contributed by atoms with Crippen LogP contribution in [0.2, 0.25) is 0 Å².